The summed E-state index contributed by atoms with van der Waals surface area (Å²) in [4.78, 5) is 37.2. The maximum absolute atomic E-state index is 13.8. The van der Waals surface area contributed by atoms with Gasteiger partial charge >= 0.3 is 0 Å². The highest BCUT2D eigenvalue weighted by Crippen LogP contribution is 2.44. The molecule has 7 aromatic rings. The van der Waals surface area contributed by atoms with E-state index in [4.69, 9.17) is 9.15 Å². The Hall–Kier alpha value is -6.47. The lowest BCUT2D eigenvalue weighted by atomic mass is 9.99. The van der Waals surface area contributed by atoms with Crippen molar-refractivity contribution in [3.63, 3.8) is 0 Å². The number of pyridine rings is 1. The molecule has 0 saturated carbocycles. The van der Waals surface area contributed by atoms with Gasteiger partial charge in [-0.1, -0.05) is 18.2 Å². The molecule has 0 saturated heterocycles. The van der Waals surface area contributed by atoms with Crippen LogP contribution in [0.5, 0.6) is 11.6 Å². The lowest BCUT2D eigenvalue weighted by molar-refractivity contribution is 0.102. The number of halogens is 2. The Morgan fingerprint density at radius 1 is 0.960 bits per heavy atom. The third kappa shape index (κ3) is 6.36. The van der Waals surface area contributed by atoms with E-state index in [1.165, 1.54) is 30.7 Å². The summed E-state index contributed by atoms with van der Waals surface area (Å²) >= 11 is 0. The number of hydrogen-bond donors (Lipinski definition) is 1. The zero-order valence-electron chi connectivity index (χ0n) is 27.1. The predicted octanol–water partition coefficient (Wildman–Crippen LogP) is 6.83. The van der Waals surface area contributed by atoms with Crippen molar-refractivity contribution in [1.82, 2.24) is 29.2 Å². The van der Waals surface area contributed by atoms with Crippen LogP contribution in [0.3, 0.4) is 0 Å². The summed E-state index contributed by atoms with van der Waals surface area (Å²) < 4.78 is 42.6. The number of aryl methyl sites for hydroxylation is 1. The van der Waals surface area contributed by atoms with Crippen LogP contribution in [0.4, 0.5) is 14.5 Å². The van der Waals surface area contributed by atoms with Gasteiger partial charge < -0.3 is 19.4 Å². The van der Waals surface area contributed by atoms with Crippen molar-refractivity contribution in [2.45, 2.75) is 6.54 Å². The molecule has 3 aromatic carbocycles. The highest BCUT2D eigenvalue weighted by atomic mass is 19.2. The van der Waals surface area contributed by atoms with Gasteiger partial charge in [-0.3, -0.25) is 18.8 Å². The minimum Gasteiger partial charge on any atom is -0.438 e. The first-order valence-electron chi connectivity index (χ1n) is 15.4. The smallest absolute Gasteiger partial charge is 0.267 e. The predicted molar refractivity (Wildman–Crippen MR) is 183 cm³/mol. The molecule has 0 aliphatic rings. The number of furan rings is 1. The van der Waals surface area contributed by atoms with Crippen molar-refractivity contribution < 1.29 is 22.7 Å². The normalized spacial score (nSPS) is 11.3. The molecule has 0 unspecified atom stereocenters. The molecule has 0 atom stereocenters. The number of carbonyl (C=O) groups is 1. The van der Waals surface area contributed by atoms with E-state index in [1.807, 2.05) is 39.5 Å². The van der Waals surface area contributed by atoms with Gasteiger partial charge in [0.2, 0.25) is 11.6 Å². The van der Waals surface area contributed by atoms with Gasteiger partial charge in [0, 0.05) is 43.3 Å². The monoisotopic (exact) mass is 673 g/mol. The fourth-order valence-corrected chi connectivity index (χ4v) is 5.61. The molecule has 7 rings (SSSR count). The van der Waals surface area contributed by atoms with E-state index >= 15 is 0 Å². The van der Waals surface area contributed by atoms with Gasteiger partial charge in [-0.25, -0.2) is 18.7 Å². The van der Waals surface area contributed by atoms with Gasteiger partial charge in [-0.2, -0.15) is 5.10 Å². The molecule has 0 aliphatic carbocycles. The highest BCUT2D eigenvalue weighted by molar-refractivity contribution is 6.04. The van der Waals surface area contributed by atoms with Crippen molar-refractivity contribution in [3.8, 4) is 39.8 Å². The number of fused-ring (bicyclic) bond motifs is 1. The lowest BCUT2D eigenvalue weighted by Crippen LogP contribution is -2.27. The largest absolute Gasteiger partial charge is 0.438 e. The van der Waals surface area contributed by atoms with E-state index in [-0.39, 0.29) is 17.1 Å². The molecule has 1 amide bonds. The Bertz CT molecular complexity index is 2430. The van der Waals surface area contributed by atoms with Crippen LogP contribution in [0.25, 0.3) is 39.2 Å². The van der Waals surface area contributed by atoms with E-state index in [1.54, 1.807) is 35.1 Å². The number of ether oxygens (including phenoxy) is 1. The lowest BCUT2D eigenvalue weighted by Gasteiger charge is -2.12. The number of nitrogens with one attached hydrogen (secondary N) is 1. The molecule has 0 radical (unpaired) electrons. The fourth-order valence-electron chi connectivity index (χ4n) is 5.61. The SMILES string of the molecule is CN(C)Cc1cccc(-c2c(-c3cnn(C)c3)oc3ncnc(Oc4ccc(NC(=O)c5cccn(-c6ccc(F)c(F)c6)c5=O)cc4)c23)c1. The zero-order valence-corrected chi connectivity index (χ0v) is 27.1. The van der Waals surface area contributed by atoms with Crippen molar-refractivity contribution in [1.29, 1.82) is 0 Å². The number of carbonyl (C=O) groups excluding carboxylic acids is 1. The third-order valence-electron chi connectivity index (χ3n) is 7.83. The molecule has 50 heavy (non-hydrogen) atoms. The number of nitrogens with zero attached hydrogens (tertiary/aromatic N) is 6. The quantitative estimate of drug-likeness (QED) is 0.177. The Morgan fingerprint density at radius 3 is 2.52 bits per heavy atom. The first-order valence-corrected chi connectivity index (χ1v) is 15.4. The minimum absolute atomic E-state index is 0.0819. The van der Waals surface area contributed by atoms with E-state index in [0.717, 1.165) is 45.5 Å². The standard InChI is InChI=1S/C37H29F2N7O4/c1-44(2)19-22-6-4-7-23(16-22)31-32-35(40-21-41-36(32)50-33(31)24-18-42-45(3)20-24)49-27-12-9-25(10-13-27)43-34(47)28-8-5-15-46(37(28)48)26-11-14-29(38)30(39)17-26/h4-18,20-21H,19H2,1-3H3,(H,43,47). The Balaban J connectivity index is 1.18. The highest BCUT2D eigenvalue weighted by Gasteiger charge is 2.24. The van der Waals surface area contributed by atoms with Crippen molar-refractivity contribution >= 4 is 22.7 Å². The van der Waals surface area contributed by atoms with Gasteiger partial charge in [-0.05, 0) is 79.8 Å². The maximum atomic E-state index is 13.8. The van der Waals surface area contributed by atoms with Gasteiger partial charge in [0.15, 0.2) is 11.6 Å². The van der Waals surface area contributed by atoms with Crippen LogP contribution in [0, 0.1) is 11.6 Å². The molecule has 250 valence electrons. The molecule has 0 fully saturated rings. The summed E-state index contributed by atoms with van der Waals surface area (Å²) in [6, 6.07) is 20.5. The van der Waals surface area contributed by atoms with Crippen LogP contribution in [0.15, 0.2) is 113 Å². The van der Waals surface area contributed by atoms with Crippen molar-refractivity contribution in [3.05, 3.63) is 137 Å². The Morgan fingerprint density at radius 2 is 1.78 bits per heavy atom. The van der Waals surface area contributed by atoms with E-state index in [9.17, 15) is 18.4 Å². The average molecular weight is 674 g/mol. The molecule has 1 N–H and O–H groups in total. The van der Waals surface area contributed by atoms with Crippen LogP contribution in [0.2, 0.25) is 0 Å². The zero-order chi connectivity index (χ0) is 34.9. The number of benzene rings is 3. The number of rotatable bonds is 9. The van der Waals surface area contributed by atoms with Crippen molar-refractivity contribution in [2.75, 3.05) is 19.4 Å². The van der Waals surface area contributed by atoms with Crippen LogP contribution in [0.1, 0.15) is 15.9 Å². The maximum Gasteiger partial charge on any atom is 0.267 e. The molecular weight excluding hydrogens is 644 g/mol. The average Bonchev–Trinajstić information content (AvgIpc) is 3.71. The first kappa shape index (κ1) is 32.1. The van der Waals surface area contributed by atoms with E-state index in [0.29, 0.717) is 28.3 Å². The summed E-state index contributed by atoms with van der Waals surface area (Å²) in [7, 11) is 5.85. The Kier molecular flexibility index (Phi) is 8.48. The summed E-state index contributed by atoms with van der Waals surface area (Å²) in [5.41, 5.74) is 3.44. The number of amides is 1. The molecule has 4 aromatic heterocycles. The second-order valence-electron chi connectivity index (χ2n) is 11.8. The molecule has 0 aliphatic heterocycles. The van der Waals surface area contributed by atoms with E-state index < -0.39 is 23.1 Å². The first-order chi connectivity index (χ1) is 24.1. The molecule has 0 bridgehead atoms. The molecule has 11 nitrogen and oxygen atoms in total. The summed E-state index contributed by atoms with van der Waals surface area (Å²) in [6.45, 7) is 0.739. The Labute approximate surface area is 284 Å². The third-order valence-corrected chi connectivity index (χ3v) is 7.83. The van der Waals surface area contributed by atoms with Crippen LogP contribution in [-0.4, -0.2) is 49.2 Å². The summed E-state index contributed by atoms with van der Waals surface area (Å²) in [5.74, 6) is -1.58. The van der Waals surface area contributed by atoms with Gasteiger partial charge in [-0.15, -0.1) is 0 Å². The molecular formula is C37H29F2N7O4. The van der Waals surface area contributed by atoms with Crippen LogP contribution < -0.4 is 15.6 Å². The van der Waals surface area contributed by atoms with Crippen LogP contribution in [-0.2, 0) is 13.6 Å². The topological polar surface area (TPSA) is 120 Å². The summed E-state index contributed by atoms with van der Waals surface area (Å²) in [5, 5.41) is 7.60. The van der Waals surface area contributed by atoms with Crippen LogP contribution >= 0.6 is 0 Å². The number of aromatic nitrogens is 5. The molecule has 4 heterocycles. The van der Waals surface area contributed by atoms with Gasteiger partial charge in [0.05, 0.1) is 17.4 Å². The minimum atomic E-state index is -1.11. The fraction of sp³-hybridized carbons (Fsp3) is 0.108. The second kappa shape index (κ2) is 13.2. The summed E-state index contributed by atoms with van der Waals surface area (Å²) in [6.07, 6.45) is 6.31. The number of hydrogen-bond acceptors (Lipinski definition) is 8. The van der Waals surface area contributed by atoms with Crippen molar-refractivity contribution in [2.24, 2.45) is 7.05 Å². The van der Waals surface area contributed by atoms with Gasteiger partial charge in [0.25, 0.3) is 11.5 Å². The second-order valence-corrected chi connectivity index (χ2v) is 11.8. The molecule has 0 spiro atoms. The van der Waals surface area contributed by atoms with Gasteiger partial charge in [0.1, 0.15) is 28.8 Å². The number of anilines is 1. The molecule has 13 heteroatoms. The van der Waals surface area contributed by atoms with E-state index in [2.05, 4.69) is 37.4 Å².